The van der Waals surface area contributed by atoms with Gasteiger partial charge in [-0.3, -0.25) is 4.79 Å². The number of fused-ring (bicyclic) bond motifs is 3. The van der Waals surface area contributed by atoms with E-state index in [1.807, 2.05) is 0 Å². The molecule has 1 amide bonds. The van der Waals surface area contributed by atoms with E-state index in [2.05, 4.69) is 20.2 Å². The van der Waals surface area contributed by atoms with Crippen LogP contribution in [0.4, 0.5) is 0 Å². The standard InChI is InChI=1S/C14H18N4OS/c19-13(4-9-20-14-15-5-1-6-16-14)17-12-10-18-7-2-11(12)3-8-18/h1,4-6,9,11-12H,2-3,7-8,10H2,(H,17,19)/b9-4+/t12-/m0/s1. The van der Waals surface area contributed by atoms with E-state index in [4.69, 9.17) is 0 Å². The molecule has 1 atom stereocenters. The van der Waals surface area contributed by atoms with Crippen LogP contribution in [0.2, 0.25) is 0 Å². The highest BCUT2D eigenvalue weighted by molar-refractivity contribution is 8.02. The van der Waals surface area contributed by atoms with Gasteiger partial charge in [-0.1, -0.05) is 11.8 Å². The van der Waals surface area contributed by atoms with E-state index in [-0.39, 0.29) is 5.91 Å². The number of nitrogens with one attached hydrogen (secondary N) is 1. The number of carbonyl (C=O) groups is 1. The Kier molecular flexibility index (Phi) is 4.32. The van der Waals surface area contributed by atoms with Gasteiger partial charge in [-0.25, -0.2) is 9.97 Å². The molecule has 1 aromatic rings. The second-order valence-electron chi connectivity index (χ2n) is 5.21. The van der Waals surface area contributed by atoms with Crippen molar-refractivity contribution in [3.63, 3.8) is 0 Å². The van der Waals surface area contributed by atoms with Gasteiger partial charge in [0.15, 0.2) is 5.16 Å². The van der Waals surface area contributed by atoms with Crippen LogP contribution in [0.1, 0.15) is 12.8 Å². The molecule has 3 fully saturated rings. The summed E-state index contributed by atoms with van der Waals surface area (Å²) in [5.41, 5.74) is 0. The van der Waals surface area contributed by atoms with E-state index >= 15 is 0 Å². The number of piperidine rings is 3. The molecule has 0 saturated carbocycles. The number of thioether (sulfide) groups is 1. The first-order chi connectivity index (χ1) is 9.81. The van der Waals surface area contributed by atoms with Crippen LogP contribution in [0.25, 0.3) is 0 Å². The Morgan fingerprint density at radius 2 is 2.10 bits per heavy atom. The highest BCUT2D eigenvalue weighted by Crippen LogP contribution is 2.27. The summed E-state index contributed by atoms with van der Waals surface area (Å²) in [6, 6.07) is 2.08. The highest BCUT2D eigenvalue weighted by atomic mass is 32.2. The molecule has 20 heavy (non-hydrogen) atoms. The second-order valence-corrected chi connectivity index (χ2v) is 6.08. The molecule has 0 spiro atoms. The first-order valence-electron chi connectivity index (χ1n) is 6.94. The third-order valence-electron chi connectivity index (χ3n) is 3.92. The molecule has 106 valence electrons. The monoisotopic (exact) mass is 290 g/mol. The quantitative estimate of drug-likeness (QED) is 0.514. The van der Waals surface area contributed by atoms with Gasteiger partial charge in [-0.05, 0) is 43.3 Å². The zero-order valence-electron chi connectivity index (χ0n) is 11.2. The normalized spacial score (nSPS) is 28.7. The van der Waals surface area contributed by atoms with E-state index in [0.717, 1.165) is 6.54 Å². The average molecular weight is 290 g/mol. The number of amides is 1. The van der Waals surface area contributed by atoms with E-state index < -0.39 is 0 Å². The minimum absolute atomic E-state index is 0.0211. The Labute approximate surface area is 122 Å². The Bertz CT molecular complexity index is 485. The van der Waals surface area contributed by atoms with Gasteiger partial charge in [0.05, 0.1) is 0 Å². The van der Waals surface area contributed by atoms with Crippen molar-refractivity contribution in [3.05, 3.63) is 29.9 Å². The van der Waals surface area contributed by atoms with Crippen molar-refractivity contribution in [2.45, 2.75) is 24.0 Å². The van der Waals surface area contributed by atoms with Gasteiger partial charge in [0.25, 0.3) is 0 Å². The molecule has 5 nitrogen and oxygen atoms in total. The third kappa shape index (κ3) is 3.37. The summed E-state index contributed by atoms with van der Waals surface area (Å²) >= 11 is 1.35. The predicted molar refractivity (Wildman–Crippen MR) is 78.1 cm³/mol. The van der Waals surface area contributed by atoms with Crippen LogP contribution in [0.5, 0.6) is 0 Å². The molecule has 0 unspecified atom stereocenters. The number of rotatable bonds is 4. The zero-order valence-corrected chi connectivity index (χ0v) is 12.1. The molecule has 3 aliphatic rings. The van der Waals surface area contributed by atoms with Gasteiger partial charge in [0.1, 0.15) is 0 Å². The SMILES string of the molecule is O=C(/C=C/Sc1ncccn1)N[C@H]1CN2CCC1CC2. The molecule has 3 saturated heterocycles. The predicted octanol–water partition coefficient (Wildman–Crippen LogP) is 1.29. The van der Waals surface area contributed by atoms with Crippen molar-refractivity contribution < 1.29 is 4.79 Å². The number of carbonyl (C=O) groups excluding carboxylic acids is 1. The van der Waals surface area contributed by atoms with Gasteiger partial charge in [-0.15, -0.1) is 0 Å². The van der Waals surface area contributed by atoms with Crippen LogP contribution in [0.15, 0.2) is 35.1 Å². The molecule has 3 aliphatic heterocycles. The summed E-state index contributed by atoms with van der Waals surface area (Å²) < 4.78 is 0. The number of aromatic nitrogens is 2. The maximum atomic E-state index is 11.9. The summed E-state index contributed by atoms with van der Waals surface area (Å²) in [5, 5.41) is 5.51. The van der Waals surface area contributed by atoms with Crippen LogP contribution >= 0.6 is 11.8 Å². The fraction of sp³-hybridized carbons (Fsp3) is 0.500. The molecule has 1 aromatic heterocycles. The van der Waals surface area contributed by atoms with Crippen molar-refractivity contribution in [2.75, 3.05) is 19.6 Å². The summed E-state index contributed by atoms with van der Waals surface area (Å²) in [4.78, 5) is 22.5. The Balaban J connectivity index is 1.47. The van der Waals surface area contributed by atoms with Gasteiger partial charge in [0, 0.05) is 31.1 Å². The first-order valence-corrected chi connectivity index (χ1v) is 7.82. The Morgan fingerprint density at radius 3 is 2.75 bits per heavy atom. The summed E-state index contributed by atoms with van der Waals surface area (Å²) in [6.07, 6.45) is 7.37. The van der Waals surface area contributed by atoms with Crippen LogP contribution < -0.4 is 5.32 Å². The zero-order chi connectivity index (χ0) is 13.8. The lowest BCUT2D eigenvalue weighted by molar-refractivity contribution is -0.118. The molecule has 0 radical (unpaired) electrons. The lowest BCUT2D eigenvalue weighted by Crippen LogP contribution is -2.57. The minimum Gasteiger partial charge on any atom is -0.348 e. The van der Waals surface area contributed by atoms with Crippen LogP contribution in [0, 0.1) is 5.92 Å². The van der Waals surface area contributed by atoms with E-state index in [0.29, 0.717) is 17.1 Å². The molecule has 6 heteroatoms. The maximum absolute atomic E-state index is 11.9. The van der Waals surface area contributed by atoms with Crippen LogP contribution in [0.3, 0.4) is 0 Å². The number of hydrogen-bond donors (Lipinski definition) is 1. The molecule has 4 heterocycles. The van der Waals surface area contributed by atoms with Crippen molar-refractivity contribution in [1.29, 1.82) is 0 Å². The first kappa shape index (κ1) is 13.6. The van der Waals surface area contributed by atoms with Gasteiger partial charge < -0.3 is 10.2 Å². The lowest BCUT2D eigenvalue weighted by Gasteiger charge is -2.44. The van der Waals surface area contributed by atoms with Crippen molar-refractivity contribution in [1.82, 2.24) is 20.2 Å². The van der Waals surface area contributed by atoms with Crippen molar-refractivity contribution in [2.24, 2.45) is 5.92 Å². The molecule has 1 N–H and O–H groups in total. The second kappa shape index (κ2) is 6.37. The number of hydrogen-bond acceptors (Lipinski definition) is 5. The Morgan fingerprint density at radius 1 is 1.35 bits per heavy atom. The van der Waals surface area contributed by atoms with Crippen molar-refractivity contribution in [3.8, 4) is 0 Å². The van der Waals surface area contributed by atoms with E-state index in [1.54, 1.807) is 29.9 Å². The maximum Gasteiger partial charge on any atom is 0.244 e. The minimum atomic E-state index is -0.0211. The highest BCUT2D eigenvalue weighted by Gasteiger charge is 2.34. The largest absolute Gasteiger partial charge is 0.348 e. The van der Waals surface area contributed by atoms with Crippen LogP contribution in [-0.4, -0.2) is 46.5 Å². The summed E-state index contributed by atoms with van der Waals surface area (Å²) in [5.74, 6) is 0.634. The van der Waals surface area contributed by atoms with Crippen molar-refractivity contribution >= 4 is 17.7 Å². The fourth-order valence-corrected chi connectivity index (χ4v) is 3.42. The van der Waals surface area contributed by atoms with Crippen LogP contribution in [-0.2, 0) is 4.79 Å². The lowest BCUT2D eigenvalue weighted by atomic mass is 9.84. The summed E-state index contributed by atoms with van der Waals surface area (Å²) in [6.45, 7) is 3.38. The van der Waals surface area contributed by atoms with E-state index in [1.165, 1.54) is 37.7 Å². The van der Waals surface area contributed by atoms with Gasteiger partial charge >= 0.3 is 0 Å². The molecule has 0 aliphatic carbocycles. The summed E-state index contributed by atoms with van der Waals surface area (Å²) in [7, 11) is 0. The average Bonchev–Trinajstić information content (AvgIpc) is 2.49. The fourth-order valence-electron chi connectivity index (χ4n) is 2.86. The smallest absolute Gasteiger partial charge is 0.244 e. The molecular weight excluding hydrogens is 272 g/mol. The van der Waals surface area contributed by atoms with Gasteiger partial charge in [-0.2, -0.15) is 0 Å². The molecule has 4 rings (SSSR count). The van der Waals surface area contributed by atoms with E-state index in [9.17, 15) is 4.79 Å². The molecule has 2 bridgehead atoms. The Hall–Kier alpha value is -1.40. The molecular formula is C14H18N4OS. The topological polar surface area (TPSA) is 58.1 Å². The number of nitrogens with zero attached hydrogens (tertiary/aromatic N) is 3. The molecule has 0 aromatic carbocycles. The van der Waals surface area contributed by atoms with Gasteiger partial charge in [0.2, 0.25) is 5.91 Å². The third-order valence-corrected chi connectivity index (χ3v) is 4.61.